The molecule has 1 rings (SSSR count). The Kier molecular flexibility index (Phi) is 5.48. The van der Waals surface area contributed by atoms with E-state index in [0.717, 1.165) is 45.4 Å². The lowest BCUT2D eigenvalue weighted by atomic mass is 10.1. The summed E-state index contributed by atoms with van der Waals surface area (Å²) in [4.78, 5) is 13.6. The predicted molar refractivity (Wildman–Crippen MR) is 59.6 cm³/mol. The van der Waals surface area contributed by atoms with Gasteiger partial charge >= 0.3 is 0 Å². The lowest BCUT2D eigenvalue weighted by Gasteiger charge is -2.29. The molecule has 82 valence electrons. The number of piperidine rings is 1. The fourth-order valence-electron chi connectivity index (χ4n) is 1.66. The monoisotopic (exact) mass is 263 g/mol. The molecule has 1 aliphatic rings. The molecule has 0 aromatic carbocycles. The lowest BCUT2D eigenvalue weighted by Crippen LogP contribution is -2.42. The number of carbonyl (C=O) groups is 1. The van der Waals surface area contributed by atoms with Crippen molar-refractivity contribution in [3.8, 4) is 0 Å². The summed E-state index contributed by atoms with van der Waals surface area (Å²) in [6.07, 6.45) is 4.17. The molecule has 0 N–H and O–H groups in total. The summed E-state index contributed by atoms with van der Waals surface area (Å²) < 4.78 is 4.97. The lowest BCUT2D eigenvalue weighted by molar-refractivity contribution is -0.132. The second kappa shape index (κ2) is 6.40. The summed E-state index contributed by atoms with van der Waals surface area (Å²) >= 11 is 3.40. The molecule has 0 aromatic rings. The van der Waals surface area contributed by atoms with Gasteiger partial charge in [0.1, 0.15) is 0 Å². The highest BCUT2D eigenvalue weighted by atomic mass is 79.9. The molecule has 1 fully saturated rings. The van der Waals surface area contributed by atoms with Gasteiger partial charge < -0.3 is 9.64 Å². The number of methoxy groups -OCH3 is 1. The number of nitrogens with zero attached hydrogens (tertiary/aromatic N) is 1. The zero-order valence-corrected chi connectivity index (χ0v) is 10.3. The van der Waals surface area contributed by atoms with Crippen LogP contribution < -0.4 is 0 Å². The number of hydrogen-bond acceptors (Lipinski definition) is 2. The SMILES string of the molecule is COCCCCN1CCCC(Br)C1=O. The van der Waals surface area contributed by atoms with Crippen LogP contribution in [-0.4, -0.2) is 42.4 Å². The first-order valence-electron chi connectivity index (χ1n) is 5.17. The topological polar surface area (TPSA) is 29.5 Å². The second-order valence-corrected chi connectivity index (χ2v) is 4.74. The maximum Gasteiger partial charge on any atom is 0.236 e. The molecular weight excluding hydrogens is 246 g/mol. The molecule has 1 heterocycles. The predicted octanol–water partition coefficient (Wildman–Crippen LogP) is 1.80. The molecule has 0 saturated carbocycles. The first kappa shape index (κ1) is 12.0. The van der Waals surface area contributed by atoms with Crippen LogP contribution in [0.5, 0.6) is 0 Å². The van der Waals surface area contributed by atoms with Gasteiger partial charge in [0.2, 0.25) is 5.91 Å². The van der Waals surface area contributed by atoms with Crippen molar-refractivity contribution in [2.45, 2.75) is 30.5 Å². The van der Waals surface area contributed by atoms with Crippen LogP contribution in [0, 0.1) is 0 Å². The largest absolute Gasteiger partial charge is 0.385 e. The van der Waals surface area contributed by atoms with Crippen molar-refractivity contribution in [2.24, 2.45) is 0 Å². The average Bonchev–Trinajstić information content (AvgIpc) is 2.19. The van der Waals surface area contributed by atoms with Gasteiger partial charge in [-0.3, -0.25) is 4.79 Å². The number of likely N-dealkylation sites (tertiary alicyclic amines) is 1. The number of ether oxygens (including phenoxy) is 1. The number of alkyl halides is 1. The van der Waals surface area contributed by atoms with E-state index >= 15 is 0 Å². The summed E-state index contributed by atoms with van der Waals surface area (Å²) in [5.74, 6) is 0.258. The molecule has 0 aliphatic carbocycles. The minimum Gasteiger partial charge on any atom is -0.385 e. The van der Waals surface area contributed by atoms with E-state index in [1.807, 2.05) is 4.90 Å². The van der Waals surface area contributed by atoms with Crippen molar-refractivity contribution in [1.29, 1.82) is 0 Å². The van der Waals surface area contributed by atoms with Crippen molar-refractivity contribution in [3.63, 3.8) is 0 Å². The third-order valence-electron chi connectivity index (χ3n) is 2.49. The molecule has 1 amide bonds. The first-order valence-corrected chi connectivity index (χ1v) is 6.09. The van der Waals surface area contributed by atoms with Crippen molar-refractivity contribution >= 4 is 21.8 Å². The molecule has 14 heavy (non-hydrogen) atoms. The van der Waals surface area contributed by atoms with Crippen molar-refractivity contribution in [2.75, 3.05) is 26.8 Å². The fraction of sp³-hybridized carbons (Fsp3) is 0.900. The summed E-state index contributed by atoms with van der Waals surface area (Å²) in [6.45, 7) is 2.60. The molecule has 1 unspecified atom stereocenters. The van der Waals surface area contributed by atoms with Gasteiger partial charge in [0.05, 0.1) is 4.83 Å². The van der Waals surface area contributed by atoms with Crippen molar-refractivity contribution < 1.29 is 9.53 Å². The van der Waals surface area contributed by atoms with Crippen LogP contribution in [0.1, 0.15) is 25.7 Å². The van der Waals surface area contributed by atoms with E-state index in [0.29, 0.717) is 0 Å². The van der Waals surface area contributed by atoms with E-state index in [9.17, 15) is 4.79 Å². The van der Waals surface area contributed by atoms with E-state index in [-0.39, 0.29) is 10.7 Å². The molecule has 0 aromatic heterocycles. The Bertz CT molecular complexity index is 187. The molecule has 4 heteroatoms. The van der Waals surface area contributed by atoms with Gasteiger partial charge in [0.15, 0.2) is 0 Å². The molecule has 0 spiro atoms. The summed E-state index contributed by atoms with van der Waals surface area (Å²) in [5, 5.41) is 0. The van der Waals surface area contributed by atoms with Gasteiger partial charge in [0, 0.05) is 26.8 Å². The van der Waals surface area contributed by atoms with Crippen LogP contribution in [0.25, 0.3) is 0 Å². The van der Waals surface area contributed by atoms with Crippen LogP contribution >= 0.6 is 15.9 Å². The fourth-order valence-corrected chi connectivity index (χ4v) is 2.28. The number of amides is 1. The first-order chi connectivity index (χ1) is 6.75. The third kappa shape index (κ3) is 3.58. The quantitative estimate of drug-likeness (QED) is 0.559. The minimum atomic E-state index is 0.0543. The van der Waals surface area contributed by atoms with Crippen LogP contribution in [0.4, 0.5) is 0 Å². The van der Waals surface area contributed by atoms with Gasteiger partial charge in [-0.15, -0.1) is 0 Å². The van der Waals surface area contributed by atoms with Crippen LogP contribution in [0.2, 0.25) is 0 Å². The molecular formula is C10H18BrNO2. The second-order valence-electron chi connectivity index (χ2n) is 3.63. The van der Waals surface area contributed by atoms with Crippen LogP contribution in [-0.2, 0) is 9.53 Å². The molecule has 0 radical (unpaired) electrons. The van der Waals surface area contributed by atoms with Crippen molar-refractivity contribution in [3.05, 3.63) is 0 Å². The Labute approximate surface area is 93.9 Å². The zero-order chi connectivity index (χ0) is 10.4. The minimum absolute atomic E-state index is 0.0543. The summed E-state index contributed by atoms with van der Waals surface area (Å²) in [5.41, 5.74) is 0. The number of rotatable bonds is 5. The van der Waals surface area contributed by atoms with Gasteiger partial charge in [-0.2, -0.15) is 0 Å². The number of halogens is 1. The van der Waals surface area contributed by atoms with E-state index in [1.165, 1.54) is 0 Å². The molecule has 1 saturated heterocycles. The van der Waals surface area contributed by atoms with E-state index in [1.54, 1.807) is 7.11 Å². The third-order valence-corrected chi connectivity index (χ3v) is 3.34. The van der Waals surface area contributed by atoms with E-state index in [4.69, 9.17) is 4.74 Å². The number of carbonyl (C=O) groups excluding carboxylic acids is 1. The maximum absolute atomic E-state index is 11.6. The maximum atomic E-state index is 11.6. The highest BCUT2D eigenvalue weighted by molar-refractivity contribution is 9.10. The van der Waals surface area contributed by atoms with E-state index in [2.05, 4.69) is 15.9 Å². The van der Waals surface area contributed by atoms with Crippen LogP contribution in [0.3, 0.4) is 0 Å². The van der Waals surface area contributed by atoms with Crippen LogP contribution in [0.15, 0.2) is 0 Å². The van der Waals surface area contributed by atoms with Gasteiger partial charge in [-0.05, 0) is 25.7 Å². The molecule has 1 aliphatic heterocycles. The smallest absolute Gasteiger partial charge is 0.236 e. The highest BCUT2D eigenvalue weighted by Gasteiger charge is 2.25. The molecule has 1 atom stereocenters. The Morgan fingerprint density at radius 3 is 3.07 bits per heavy atom. The Morgan fingerprint density at radius 1 is 1.57 bits per heavy atom. The average molecular weight is 264 g/mol. The summed E-state index contributed by atoms with van der Waals surface area (Å²) in [7, 11) is 1.71. The number of hydrogen-bond donors (Lipinski definition) is 0. The normalized spacial score (nSPS) is 22.9. The Balaban J connectivity index is 2.19. The van der Waals surface area contributed by atoms with Gasteiger partial charge in [-0.1, -0.05) is 15.9 Å². The molecule has 0 bridgehead atoms. The van der Waals surface area contributed by atoms with E-state index < -0.39 is 0 Å². The zero-order valence-electron chi connectivity index (χ0n) is 8.67. The van der Waals surface area contributed by atoms with Gasteiger partial charge in [-0.25, -0.2) is 0 Å². The molecule has 3 nitrogen and oxygen atoms in total. The Morgan fingerprint density at radius 2 is 2.36 bits per heavy atom. The summed E-state index contributed by atoms with van der Waals surface area (Å²) in [6, 6.07) is 0. The number of unbranched alkanes of at least 4 members (excludes halogenated alkanes) is 1. The standard InChI is InChI=1S/C10H18BrNO2/c1-14-8-3-2-6-12-7-4-5-9(11)10(12)13/h9H,2-8H2,1H3. The van der Waals surface area contributed by atoms with Crippen molar-refractivity contribution in [1.82, 2.24) is 4.90 Å². The highest BCUT2D eigenvalue weighted by Crippen LogP contribution is 2.18. The van der Waals surface area contributed by atoms with Gasteiger partial charge in [0.25, 0.3) is 0 Å². The Hall–Kier alpha value is -0.0900.